The van der Waals surface area contributed by atoms with Crippen LogP contribution in [0.25, 0.3) is 10.9 Å². The van der Waals surface area contributed by atoms with E-state index in [1.807, 2.05) is 11.8 Å². The lowest BCUT2D eigenvalue weighted by atomic mass is 10.1. The molecule has 0 radical (unpaired) electrons. The van der Waals surface area contributed by atoms with Crippen molar-refractivity contribution in [3.8, 4) is 0 Å². The molecule has 28 heteroatoms. The number of carboxylic acid groups (broad SMARTS) is 1. The number of nitrogens with zero attached hydrogens (tertiary/aromatic N) is 6. The molecular weight excluding hydrogens is 1050 g/mol. The molecule has 5 rings (SSSR count). The van der Waals surface area contributed by atoms with Gasteiger partial charge in [-0.25, -0.2) is 13.4 Å². The summed E-state index contributed by atoms with van der Waals surface area (Å²) in [6.45, 7) is 8.94. The number of pyridine rings is 1. The van der Waals surface area contributed by atoms with Crippen molar-refractivity contribution in [2.75, 3.05) is 112 Å². The first-order chi connectivity index (χ1) is 37.7. The number of aromatic nitrogens is 3. The summed E-state index contributed by atoms with van der Waals surface area (Å²) in [5.41, 5.74) is 2.08. The van der Waals surface area contributed by atoms with Gasteiger partial charge in [0, 0.05) is 136 Å². The van der Waals surface area contributed by atoms with E-state index in [0.29, 0.717) is 81.5 Å². The Bertz CT molecular complexity index is 2740. The van der Waals surface area contributed by atoms with E-state index >= 15 is 0 Å². The Balaban J connectivity index is 0.00000400. The van der Waals surface area contributed by atoms with Gasteiger partial charge >= 0.3 is 5.97 Å². The monoisotopic (exact) mass is 1130 g/mol. The molecule has 0 bridgehead atoms. The number of carbonyl (C=O) groups is 5. The molecule has 0 aliphatic carbocycles. The average molecular weight is 1130 g/mol. The number of anilines is 1. The Labute approximate surface area is 459 Å². The maximum Gasteiger partial charge on any atom is 0.317 e. The number of aliphatic hydroxyl groups excluding tert-OH is 5. The summed E-state index contributed by atoms with van der Waals surface area (Å²) in [6, 6.07) is 5.73. The maximum absolute atomic E-state index is 14.0. The average Bonchev–Trinajstić information content (AvgIpc) is 4.01. The summed E-state index contributed by atoms with van der Waals surface area (Å²) in [5, 5.41) is 74.3. The minimum absolute atomic E-state index is 0.0000253. The number of Topliss-reactive ketones (excluding diaryl/α,β-unsaturated/α-hetero) is 1. The van der Waals surface area contributed by atoms with Crippen LogP contribution in [0.2, 0.25) is 0 Å². The molecule has 1 fully saturated rings. The van der Waals surface area contributed by atoms with Crippen molar-refractivity contribution in [1.29, 1.82) is 0 Å². The SMILES string of the molecule is CC(=O)C(CNC(=O)c1cn(CCCNC(=O)[C@H](CC(O)O)NC(=O)CCN2CCN(CO)CCN(CO)CCN(CC(=O)O)CC2)c2cc(CNc3ncc[nH]3)ccc2c1=O)NS(=O)(=O)c1c(C)cc(C)cc1C.CO.CO. The van der Waals surface area contributed by atoms with Crippen LogP contribution in [0.3, 0.4) is 0 Å². The number of hydrogen-bond acceptors (Lipinski definition) is 20. The van der Waals surface area contributed by atoms with Crippen molar-refractivity contribution >= 4 is 56.3 Å². The molecule has 79 heavy (non-hydrogen) atoms. The Morgan fingerprint density at radius 1 is 0.797 bits per heavy atom. The molecule has 440 valence electrons. The van der Waals surface area contributed by atoms with E-state index in [9.17, 15) is 62.7 Å². The fourth-order valence-electron chi connectivity index (χ4n) is 8.82. The van der Waals surface area contributed by atoms with Gasteiger partial charge in [0.1, 0.15) is 17.4 Å². The topological polar surface area (TPSA) is 385 Å². The standard InChI is InChI=1S/C49H72N12O13S.2CH4O/c1-32-22-33(2)46(34(3)23-32)75(73,74)56-40(35(4)64)27-53-47(71)38-28-61(41-24-36(6-7-37(41)45(38)70)26-54-49-51-10-11-52-49)12-5-9-50-48(72)39(25-43(66)67)55-42(65)8-13-57-14-16-58(29-44(68)69)17-19-60(31-63)21-20-59(30-62)18-15-57;2*1-2/h6-7,10-11,22-24,28,39-40,43,56,62-63,66-67H,5,8-9,12-21,25-27,29-31H2,1-4H3,(H,50,72)(H,53,71)(H,55,65)(H,68,69)(H2,51,52,54);2*2H,1H3/t39-,40?;;/m0../s1. The molecule has 2 aromatic carbocycles. The van der Waals surface area contributed by atoms with Crippen LogP contribution in [0.1, 0.15) is 58.8 Å². The molecule has 2 atom stereocenters. The molecule has 4 aromatic rings. The van der Waals surface area contributed by atoms with Crippen molar-refractivity contribution in [2.45, 2.75) is 83.3 Å². The van der Waals surface area contributed by atoms with E-state index in [0.717, 1.165) is 25.3 Å². The highest BCUT2D eigenvalue weighted by atomic mass is 32.2. The first-order valence-electron chi connectivity index (χ1n) is 25.6. The molecule has 1 aliphatic rings. The summed E-state index contributed by atoms with van der Waals surface area (Å²) in [5.74, 6) is -3.21. The minimum atomic E-state index is -4.23. The summed E-state index contributed by atoms with van der Waals surface area (Å²) in [6.07, 6.45) is 2.20. The normalized spacial score (nSPS) is 15.1. The van der Waals surface area contributed by atoms with Gasteiger partial charge in [0.15, 0.2) is 12.2 Å². The number of rotatable bonds is 25. The summed E-state index contributed by atoms with van der Waals surface area (Å²) < 4.78 is 31.2. The highest BCUT2D eigenvalue weighted by Crippen LogP contribution is 2.22. The first kappa shape index (κ1) is 67.0. The zero-order valence-electron chi connectivity index (χ0n) is 45.8. The molecule has 13 N–H and O–H groups in total. The number of amides is 3. The van der Waals surface area contributed by atoms with Gasteiger partial charge in [-0.2, -0.15) is 4.72 Å². The molecule has 1 unspecified atom stereocenters. The van der Waals surface area contributed by atoms with E-state index in [1.54, 1.807) is 75.8 Å². The van der Waals surface area contributed by atoms with Crippen LogP contribution in [0, 0.1) is 20.8 Å². The van der Waals surface area contributed by atoms with Crippen LogP contribution >= 0.6 is 0 Å². The van der Waals surface area contributed by atoms with Gasteiger partial charge in [-0.1, -0.05) is 23.8 Å². The number of aliphatic carboxylic acids is 1. The van der Waals surface area contributed by atoms with E-state index in [4.69, 9.17) is 10.2 Å². The smallest absolute Gasteiger partial charge is 0.317 e. The number of benzene rings is 2. The number of aryl methyl sites for hydroxylation is 4. The fraction of sp³-hybridized carbons (Fsp3) is 0.549. The molecule has 1 saturated heterocycles. The highest BCUT2D eigenvalue weighted by Gasteiger charge is 2.28. The van der Waals surface area contributed by atoms with Gasteiger partial charge in [0.2, 0.25) is 27.3 Å². The van der Waals surface area contributed by atoms with Gasteiger partial charge in [-0.15, -0.1) is 0 Å². The van der Waals surface area contributed by atoms with Crippen molar-refractivity contribution in [2.24, 2.45) is 0 Å². The van der Waals surface area contributed by atoms with Crippen molar-refractivity contribution in [1.82, 2.24) is 54.8 Å². The minimum Gasteiger partial charge on any atom is -0.480 e. The van der Waals surface area contributed by atoms with Crippen LogP contribution in [-0.2, 0) is 42.3 Å². The Kier molecular flexibility index (Phi) is 28.8. The molecule has 27 nitrogen and oxygen atoms in total. The molecular formula is C51H80N12O15S. The summed E-state index contributed by atoms with van der Waals surface area (Å²) in [4.78, 5) is 93.5. The van der Waals surface area contributed by atoms with Crippen LogP contribution in [0.5, 0.6) is 0 Å². The number of nitrogens with one attached hydrogen (secondary N) is 6. The predicted octanol–water partition coefficient (Wildman–Crippen LogP) is -2.57. The van der Waals surface area contributed by atoms with Crippen LogP contribution in [-0.4, -0.2) is 232 Å². The number of aliphatic hydroxyl groups is 6. The third kappa shape index (κ3) is 21.7. The molecule has 2 aromatic heterocycles. The second-order valence-electron chi connectivity index (χ2n) is 18.7. The molecule has 0 spiro atoms. The number of sulfonamides is 1. The lowest BCUT2D eigenvalue weighted by Gasteiger charge is -2.32. The predicted molar refractivity (Wildman–Crippen MR) is 293 cm³/mol. The number of fused-ring (bicyclic) bond motifs is 1. The second-order valence-corrected chi connectivity index (χ2v) is 20.3. The molecule has 3 heterocycles. The highest BCUT2D eigenvalue weighted by molar-refractivity contribution is 7.89. The van der Waals surface area contributed by atoms with Crippen LogP contribution in [0.4, 0.5) is 5.95 Å². The number of ketones is 1. The quantitative estimate of drug-likeness (QED) is 0.0240. The molecule has 0 saturated carbocycles. The second kappa shape index (κ2) is 34.0. The van der Waals surface area contributed by atoms with Crippen molar-refractivity contribution in [3.05, 3.63) is 87.0 Å². The fourth-order valence-corrected chi connectivity index (χ4v) is 10.5. The molecule has 1 aliphatic heterocycles. The number of imidazole rings is 1. The zero-order valence-corrected chi connectivity index (χ0v) is 46.6. The number of hydrogen-bond donors (Lipinski definition) is 13. The Hall–Kier alpha value is -6.28. The van der Waals surface area contributed by atoms with Gasteiger partial charge in [0.05, 0.1) is 36.5 Å². The zero-order chi connectivity index (χ0) is 58.8. The van der Waals surface area contributed by atoms with Crippen LogP contribution < -0.4 is 31.4 Å². The third-order valence-electron chi connectivity index (χ3n) is 12.8. The Morgan fingerprint density at radius 2 is 1.39 bits per heavy atom. The lowest BCUT2D eigenvalue weighted by molar-refractivity contribution is -0.138. The Morgan fingerprint density at radius 3 is 1.94 bits per heavy atom. The van der Waals surface area contributed by atoms with Crippen molar-refractivity contribution < 1.29 is 68.1 Å². The number of H-pyrrole nitrogens is 1. The van der Waals surface area contributed by atoms with Gasteiger partial charge < -0.3 is 71.5 Å². The number of carbonyl (C=O) groups excluding carboxylic acids is 4. The van der Waals surface area contributed by atoms with Crippen LogP contribution in [0.15, 0.2) is 58.6 Å². The molecule has 3 amide bonds. The lowest BCUT2D eigenvalue weighted by Crippen LogP contribution is -2.50. The third-order valence-corrected chi connectivity index (χ3v) is 14.6. The summed E-state index contributed by atoms with van der Waals surface area (Å²) in [7, 11) is -2.23. The van der Waals surface area contributed by atoms with E-state index in [-0.39, 0.29) is 68.3 Å². The van der Waals surface area contributed by atoms with E-state index in [2.05, 4.69) is 36.0 Å². The maximum atomic E-state index is 14.0. The largest absolute Gasteiger partial charge is 0.480 e. The summed E-state index contributed by atoms with van der Waals surface area (Å²) >= 11 is 0. The van der Waals surface area contributed by atoms with Gasteiger partial charge in [-0.05, 0) is 62.9 Å². The van der Waals surface area contributed by atoms with Crippen molar-refractivity contribution in [3.63, 3.8) is 0 Å². The van der Waals surface area contributed by atoms with Gasteiger partial charge in [-0.3, -0.25) is 43.5 Å². The van der Waals surface area contributed by atoms with E-state index in [1.165, 1.54) is 13.1 Å². The number of aromatic amines is 1. The van der Waals surface area contributed by atoms with Gasteiger partial charge in [0.25, 0.3) is 5.91 Å². The number of carboxylic acids is 1. The van der Waals surface area contributed by atoms with E-state index < -0.39 is 76.3 Å². The first-order valence-corrected chi connectivity index (χ1v) is 27.1.